The molecule has 2 fully saturated rings. The summed E-state index contributed by atoms with van der Waals surface area (Å²) in [4.78, 5) is 24.5. The van der Waals surface area contributed by atoms with E-state index in [9.17, 15) is 9.59 Å². The molecule has 1 aromatic rings. The van der Waals surface area contributed by atoms with Crippen molar-refractivity contribution in [2.75, 3.05) is 0 Å². The van der Waals surface area contributed by atoms with E-state index in [-0.39, 0.29) is 23.1 Å². The summed E-state index contributed by atoms with van der Waals surface area (Å²) in [5.41, 5.74) is 7.52. The van der Waals surface area contributed by atoms with Crippen molar-refractivity contribution >= 4 is 11.8 Å². The summed E-state index contributed by atoms with van der Waals surface area (Å²) in [5, 5.41) is 3.02. The second-order valence-electron chi connectivity index (χ2n) is 7.21. The molecular weight excluding hydrogens is 276 g/mol. The molecule has 0 saturated heterocycles. The van der Waals surface area contributed by atoms with Crippen molar-refractivity contribution in [2.45, 2.75) is 55.9 Å². The maximum Gasteiger partial charge on any atom is 0.243 e. The molecule has 4 rings (SSSR count). The molecule has 2 saturated carbocycles. The summed E-state index contributed by atoms with van der Waals surface area (Å²) in [6.07, 6.45) is 6.30. The molecule has 22 heavy (non-hydrogen) atoms. The maximum absolute atomic E-state index is 12.7. The summed E-state index contributed by atoms with van der Waals surface area (Å²) in [7, 11) is 0. The Kier molecular flexibility index (Phi) is 2.87. The van der Waals surface area contributed by atoms with Crippen LogP contribution in [0, 0.1) is 5.92 Å². The fraction of sp³-hybridized carbons (Fsp3) is 0.556. The van der Waals surface area contributed by atoms with Crippen LogP contribution in [0.1, 0.15) is 49.7 Å². The number of amides is 2. The van der Waals surface area contributed by atoms with E-state index in [0.717, 1.165) is 32.1 Å². The van der Waals surface area contributed by atoms with Crippen molar-refractivity contribution in [3.05, 3.63) is 35.4 Å². The van der Waals surface area contributed by atoms with Crippen LogP contribution in [0.25, 0.3) is 0 Å². The molecule has 4 heteroatoms. The largest absolute Gasteiger partial charge is 0.368 e. The summed E-state index contributed by atoms with van der Waals surface area (Å²) in [5.74, 6) is -0.342. The van der Waals surface area contributed by atoms with Gasteiger partial charge in [-0.1, -0.05) is 37.1 Å². The van der Waals surface area contributed by atoms with E-state index in [1.165, 1.54) is 11.1 Å². The number of aryl methyl sites for hydroxylation is 1. The Balaban J connectivity index is 1.53. The van der Waals surface area contributed by atoms with E-state index < -0.39 is 5.54 Å². The molecule has 3 N–H and O–H groups in total. The number of primary amides is 1. The van der Waals surface area contributed by atoms with Crippen molar-refractivity contribution < 1.29 is 9.59 Å². The minimum Gasteiger partial charge on any atom is -0.368 e. The predicted octanol–water partition coefficient (Wildman–Crippen LogP) is 1.80. The zero-order valence-electron chi connectivity index (χ0n) is 12.7. The minimum absolute atomic E-state index is 0.00738. The number of nitrogens with two attached hydrogens (primary N) is 1. The molecule has 0 heterocycles. The van der Waals surface area contributed by atoms with Gasteiger partial charge in [0.05, 0.1) is 0 Å². The van der Waals surface area contributed by atoms with Crippen molar-refractivity contribution in [3.63, 3.8) is 0 Å². The Morgan fingerprint density at radius 1 is 1.14 bits per heavy atom. The van der Waals surface area contributed by atoms with Crippen LogP contribution in [-0.4, -0.2) is 17.4 Å². The van der Waals surface area contributed by atoms with Gasteiger partial charge < -0.3 is 11.1 Å². The van der Waals surface area contributed by atoms with Crippen LogP contribution >= 0.6 is 0 Å². The highest BCUT2D eigenvalue weighted by molar-refractivity contribution is 5.93. The van der Waals surface area contributed by atoms with Gasteiger partial charge in [-0.3, -0.25) is 9.59 Å². The molecule has 0 aromatic heterocycles. The van der Waals surface area contributed by atoms with Crippen molar-refractivity contribution in [1.29, 1.82) is 0 Å². The van der Waals surface area contributed by atoms with Crippen LogP contribution in [-0.2, 0) is 21.4 Å². The van der Waals surface area contributed by atoms with Gasteiger partial charge >= 0.3 is 0 Å². The second kappa shape index (κ2) is 4.58. The first-order valence-corrected chi connectivity index (χ1v) is 8.28. The van der Waals surface area contributed by atoms with Gasteiger partial charge in [-0.2, -0.15) is 0 Å². The third-order valence-corrected chi connectivity index (χ3v) is 6.08. The first-order valence-electron chi connectivity index (χ1n) is 8.28. The molecule has 2 atom stereocenters. The lowest BCUT2D eigenvalue weighted by Gasteiger charge is -2.27. The van der Waals surface area contributed by atoms with Gasteiger partial charge in [-0.25, -0.2) is 0 Å². The van der Waals surface area contributed by atoms with E-state index in [0.29, 0.717) is 12.8 Å². The van der Waals surface area contributed by atoms with E-state index in [2.05, 4.69) is 29.6 Å². The quantitative estimate of drug-likeness (QED) is 0.893. The van der Waals surface area contributed by atoms with Crippen molar-refractivity contribution in [2.24, 2.45) is 11.7 Å². The molecule has 3 aliphatic carbocycles. The van der Waals surface area contributed by atoms with E-state index >= 15 is 0 Å². The van der Waals surface area contributed by atoms with Crippen LogP contribution in [0.5, 0.6) is 0 Å². The van der Waals surface area contributed by atoms with Gasteiger partial charge in [0.25, 0.3) is 0 Å². The van der Waals surface area contributed by atoms with Crippen LogP contribution < -0.4 is 11.1 Å². The highest BCUT2D eigenvalue weighted by Crippen LogP contribution is 2.61. The van der Waals surface area contributed by atoms with Crippen LogP contribution in [0.15, 0.2) is 24.3 Å². The average molecular weight is 298 g/mol. The highest BCUT2D eigenvalue weighted by atomic mass is 16.2. The third kappa shape index (κ3) is 1.82. The third-order valence-electron chi connectivity index (χ3n) is 6.08. The van der Waals surface area contributed by atoms with Gasteiger partial charge in [-0.15, -0.1) is 0 Å². The first-order chi connectivity index (χ1) is 10.6. The number of fused-ring (bicyclic) bond motifs is 2. The summed E-state index contributed by atoms with van der Waals surface area (Å²) in [6.45, 7) is 0. The molecule has 116 valence electrons. The Morgan fingerprint density at radius 2 is 1.86 bits per heavy atom. The smallest absolute Gasteiger partial charge is 0.243 e. The van der Waals surface area contributed by atoms with Gasteiger partial charge in [-0.05, 0) is 43.2 Å². The SMILES string of the molecule is NC(=O)C1(NC(=O)[C@H]2C[C@@]23CCc2ccccc23)CCCC1. The number of carbonyl (C=O) groups excluding carboxylic acids is 2. The summed E-state index contributed by atoms with van der Waals surface area (Å²) >= 11 is 0. The number of rotatable bonds is 3. The van der Waals surface area contributed by atoms with E-state index in [1.54, 1.807) is 0 Å². The lowest BCUT2D eigenvalue weighted by Crippen LogP contribution is -2.56. The molecule has 1 aromatic carbocycles. The molecule has 4 nitrogen and oxygen atoms in total. The zero-order valence-corrected chi connectivity index (χ0v) is 12.7. The fourth-order valence-electron chi connectivity index (χ4n) is 4.67. The number of nitrogens with one attached hydrogen (secondary N) is 1. The van der Waals surface area contributed by atoms with Gasteiger partial charge in [0.2, 0.25) is 11.8 Å². The second-order valence-corrected chi connectivity index (χ2v) is 7.21. The van der Waals surface area contributed by atoms with Crippen LogP contribution in [0.4, 0.5) is 0 Å². The highest BCUT2D eigenvalue weighted by Gasteiger charge is 2.62. The van der Waals surface area contributed by atoms with Crippen molar-refractivity contribution in [1.82, 2.24) is 5.32 Å². The van der Waals surface area contributed by atoms with E-state index in [1.807, 2.05) is 0 Å². The van der Waals surface area contributed by atoms with Crippen LogP contribution in [0.2, 0.25) is 0 Å². The molecule has 2 amide bonds. The van der Waals surface area contributed by atoms with Gasteiger partial charge in [0.15, 0.2) is 0 Å². The molecule has 0 unspecified atom stereocenters. The average Bonchev–Trinajstić information content (AvgIpc) is 2.86. The molecule has 1 spiro atoms. The lowest BCUT2D eigenvalue weighted by molar-refractivity contribution is -0.132. The number of benzene rings is 1. The number of hydrogen-bond donors (Lipinski definition) is 2. The topological polar surface area (TPSA) is 72.2 Å². The van der Waals surface area contributed by atoms with Gasteiger partial charge in [0, 0.05) is 11.3 Å². The number of carbonyl (C=O) groups is 2. The van der Waals surface area contributed by atoms with Gasteiger partial charge in [0.1, 0.15) is 5.54 Å². The molecule has 0 radical (unpaired) electrons. The van der Waals surface area contributed by atoms with Crippen molar-refractivity contribution in [3.8, 4) is 0 Å². The Hall–Kier alpha value is -1.84. The fourth-order valence-corrected chi connectivity index (χ4v) is 4.67. The van der Waals surface area contributed by atoms with E-state index in [4.69, 9.17) is 5.73 Å². The molecular formula is C18H22N2O2. The molecule has 0 aliphatic heterocycles. The Bertz CT molecular complexity index is 648. The maximum atomic E-state index is 12.7. The Labute approximate surface area is 130 Å². The summed E-state index contributed by atoms with van der Waals surface area (Å²) in [6, 6.07) is 8.45. The minimum atomic E-state index is -0.793. The standard InChI is InChI=1S/C18H22N2O2/c19-16(22)18(8-3-4-9-18)20-15(21)14-11-17(14)10-7-12-5-1-2-6-13(12)17/h1-2,5-6,14H,3-4,7-11H2,(H2,19,22)(H,20,21)/t14-,17-/m1/s1. The number of hydrogen-bond acceptors (Lipinski definition) is 2. The predicted molar refractivity (Wildman–Crippen MR) is 83.1 cm³/mol. The molecule has 0 bridgehead atoms. The normalized spacial score (nSPS) is 31.0. The monoisotopic (exact) mass is 298 g/mol. The lowest BCUT2D eigenvalue weighted by atomic mass is 9.93. The Morgan fingerprint density at radius 3 is 2.59 bits per heavy atom. The first kappa shape index (κ1) is 13.8. The zero-order chi connectivity index (χ0) is 15.4. The molecule has 3 aliphatic rings. The van der Waals surface area contributed by atoms with Crippen LogP contribution in [0.3, 0.4) is 0 Å². The summed E-state index contributed by atoms with van der Waals surface area (Å²) < 4.78 is 0.